The van der Waals surface area contributed by atoms with Gasteiger partial charge in [0.25, 0.3) is 5.91 Å². The van der Waals surface area contributed by atoms with Gasteiger partial charge in [-0.15, -0.1) is 0 Å². The third-order valence-corrected chi connectivity index (χ3v) is 6.39. The zero-order valence-corrected chi connectivity index (χ0v) is 19.4. The lowest BCUT2D eigenvalue weighted by molar-refractivity contribution is 0.0994. The second-order valence-corrected chi connectivity index (χ2v) is 8.64. The van der Waals surface area contributed by atoms with Crippen molar-refractivity contribution in [2.75, 3.05) is 20.3 Å². The van der Waals surface area contributed by atoms with Gasteiger partial charge in [0.15, 0.2) is 4.80 Å². The van der Waals surface area contributed by atoms with E-state index < -0.39 is 0 Å². The third kappa shape index (κ3) is 4.48. The molecular formula is C23H20Cl2N2O3S. The summed E-state index contributed by atoms with van der Waals surface area (Å²) < 4.78 is 13.7. The van der Waals surface area contributed by atoms with Crippen molar-refractivity contribution < 1.29 is 14.3 Å². The van der Waals surface area contributed by atoms with Gasteiger partial charge in [0, 0.05) is 18.2 Å². The Balaban J connectivity index is 1.87. The van der Waals surface area contributed by atoms with Crippen LogP contribution in [0, 0.1) is 0 Å². The van der Waals surface area contributed by atoms with Crippen LogP contribution >= 0.6 is 34.5 Å². The fraction of sp³-hybridized carbons (Fsp3) is 0.217. The van der Waals surface area contributed by atoms with Crippen LogP contribution in [-0.2, 0) is 11.3 Å². The Morgan fingerprint density at radius 1 is 1.13 bits per heavy atom. The van der Waals surface area contributed by atoms with Gasteiger partial charge in [0.1, 0.15) is 5.75 Å². The summed E-state index contributed by atoms with van der Waals surface area (Å²) in [5, 5.41) is 2.97. The normalized spacial score (nSPS) is 12.1. The van der Waals surface area contributed by atoms with E-state index in [-0.39, 0.29) is 5.91 Å². The number of amides is 1. The van der Waals surface area contributed by atoms with Crippen LogP contribution in [0.5, 0.6) is 5.75 Å². The molecule has 5 nitrogen and oxygen atoms in total. The number of aromatic nitrogens is 1. The average molecular weight is 475 g/mol. The summed E-state index contributed by atoms with van der Waals surface area (Å²) >= 11 is 14.0. The molecule has 0 saturated carbocycles. The number of carbonyl (C=O) groups is 1. The summed E-state index contributed by atoms with van der Waals surface area (Å²) in [5.74, 6) is 0.0945. The molecule has 4 aromatic rings. The zero-order valence-electron chi connectivity index (χ0n) is 17.0. The fourth-order valence-corrected chi connectivity index (χ4v) is 5.26. The van der Waals surface area contributed by atoms with E-state index in [1.165, 1.54) is 11.3 Å². The molecule has 0 N–H and O–H groups in total. The number of halogens is 2. The lowest BCUT2D eigenvalue weighted by Gasteiger charge is -2.08. The predicted molar refractivity (Wildman–Crippen MR) is 127 cm³/mol. The van der Waals surface area contributed by atoms with Gasteiger partial charge < -0.3 is 14.0 Å². The van der Waals surface area contributed by atoms with Crippen LogP contribution in [0.25, 0.3) is 21.0 Å². The Bertz CT molecular complexity index is 1340. The predicted octanol–water partition coefficient (Wildman–Crippen LogP) is 5.95. The van der Waals surface area contributed by atoms with Crippen molar-refractivity contribution in [3.8, 4) is 5.75 Å². The van der Waals surface area contributed by atoms with E-state index in [0.29, 0.717) is 45.9 Å². The third-order valence-electron chi connectivity index (χ3n) is 4.85. The molecule has 0 aliphatic heterocycles. The van der Waals surface area contributed by atoms with Crippen molar-refractivity contribution in [1.29, 1.82) is 0 Å². The molecule has 0 saturated heterocycles. The first-order valence-corrected chi connectivity index (χ1v) is 11.3. The molecular weight excluding hydrogens is 455 g/mol. The molecule has 160 valence electrons. The van der Waals surface area contributed by atoms with E-state index in [9.17, 15) is 4.79 Å². The number of fused-ring (bicyclic) bond motifs is 2. The van der Waals surface area contributed by atoms with Crippen LogP contribution in [0.15, 0.2) is 53.5 Å². The Morgan fingerprint density at radius 3 is 2.58 bits per heavy atom. The highest BCUT2D eigenvalue weighted by Crippen LogP contribution is 2.30. The first-order chi connectivity index (χ1) is 15.0. The van der Waals surface area contributed by atoms with Crippen molar-refractivity contribution in [3.05, 3.63) is 68.9 Å². The van der Waals surface area contributed by atoms with E-state index in [2.05, 4.69) is 4.99 Å². The number of hydrogen-bond acceptors (Lipinski definition) is 4. The molecule has 3 aromatic carbocycles. The van der Waals surface area contributed by atoms with Crippen LogP contribution in [0.4, 0.5) is 0 Å². The van der Waals surface area contributed by atoms with Gasteiger partial charge in [-0.2, -0.15) is 4.99 Å². The second kappa shape index (κ2) is 9.40. The van der Waals surface area contributed by atoms with Gasteiger partial charge in [-0.3, -0.25) is 4.79 Å². The molecule has 0 atom stereocenters. The molecule has 0 fully saturated rings. The van der Waals surface area contributed by atoms with Crippen molar-refractivity contribution in [1.82, 2.24) is 4.57 Å². The maximum atomic E-state index is 13.2. The van der Waals surface area contributed by atoms with Crippen molar-refractivity contribution >= 4 is 61.4 Å². The van der Waals surface area contributed by atoms with Crippen LogP contribution in [0.1, 0.15) is 17.3 Å². The van der Waals surface area contributed by atoms with Gasteiger partial charge >= 0.3 is 0 Å². The number of methoxy groups -OCH3 is 1. The average Bonchev–Trinajstić information content (AvgIpc) is 3.09. The molecule has 0 aliphatic rings. The summed E-state index contributed by atoms with van der Waals surface area (Å²) in [7, 11) is 1.55. The Kier molecular flexibility index (Phi) is 6.62. The first kappa shape index (κ1) is 21.8. The van der Waals surface area contributed by atoms with E-state index in [1.807, 2.05) is 54.0 Å². The van der Waals surface area contributed by atoms with E-state index in [0.717, 1.165) is 21.0 Å². The Hall–Kier alpha value is -2.38. The molecule has 0 spiro atoms. The Morgan fingerprint density at radius 2 is 1.87 bits per heavy atom. The number of ether oxygens (including phenoxy) is 2. The molecule has 1 aromatic heterocycles. The first-order valence-electron chi connectivity index (χ1n) is 9.73. The van der Waals surface area contributed by atoms with Gasteiger partial charge in [0.2, 0.25) is 0 Å². The number of nitrogens with zero attached hydrogens (tertiary/aromatic N) is 2. The van der Waals surface area contributed by atoms with Gasteiger partial charge in [0.05, 0.1) is 34.5 Å². The minimum Gasteiger partial charge on any atom is -0.496 e. The highest BCUT2D eigenvalue weighted by atomic mass is 35.5. The van der Waals surface area contributed by atoms with Crippen LogP contribution in [-0.4, -0.2) is 30.8 Å². The molecule has 0 unspecified atom stereocenters. The standard InChI is InChI=1S/C23H20Cl2N2O3S/c1-3-30-9-8-27-21-18(25)12-16(24)13-20(21)31-23(27)26-22(28)17-10-14-6-4-5-7-15(14)11-19(17)29-2/h4-7,10-13H,3,8-9H2,1-2H3. The summed E-state index contributed by atoms with van der Waals surface area (Å²) in [6.45, 7) is 3.52. The van der Waals surface area contributed by atoms with Crippen molar-refractivity contribution in [2.24, 2.45) is 4.99 Å². The minimum absolute atomic E-state index is 0.387. The lowest BCUT2D eigenvalue weighted by atomic mass is 10.1. The van der Waals surface area contributed by atoms with Gasteiger partial charge in [-0.05, 0) is 42.0 Å². The maximum Gasteiger partial charge on any atom is 0.283 e. The van der Waals surface area contributed by atoms with Crippen LogP contribution < -0.4 is 9.54 Å². The highest BCUT2D eigenvalue weighted by molar-refractivity contribution is 7.16. The van der Waals surface area contributed by atoms with Crippen LogP contribution in [0.2, 0.25) is 10.0 Å². The highest BCUT2D eigenvalue weighted by Gasteiger charge is 2.16. The number of thiazole rings is 1. The van der Waals surface area contributed by atoms with Gasteiger partial charge in [-0.1, -0.05) is 58.8 Å². The number of carbonyl (C=O) groups excluding carboxylic acids is 1. The number of rotatable bonds is 6. The molecule has 0 aliphatic carbocycles. The van der Waals surface area contributed by atoms with Crippen LogP contribution in [0.3, 0.4) is 0 Å². The topological polar surface area (TPSA) is 52.8 Å². The molecule has 31 heavy (non-hydrogen) atoms. The minimum atomic E-state index is -0.387. The smallest absolute Gasteiger partial charge is 0.283 e. The quantitative estimate of drug-likeness (QED) is 0.324. The molecule has 1 amide bonds. The summed E-state index contributed by atoms with van der Waals surface area (Å²) in [4.78, 5) is 18.2. The van der Waals surface area contributed by atoms with E-state index in [1.54, 1.807) is 13.2 Å². The van der Waals surface area contributed by atoms with Crippen molar-refractivity contribution in [2.45, 2.75) is 13.5 Å². The monoisotopic (exact) mass is 474 g/mol. The molecule has 8 heteroatoms. The Labute approximate surface area is 193 Å². The molecule has 0 bridgehead atoms. The SMILES string of the molecule is CCOCCn1c(=NC(=O)c2cc3ccccc3cc2OC)sc2cc(Cl)cc(Cl)c21. The molecule has 4 rings (SSSR count). The summed E-state index contributed by atoms with van der Waals surface area (Å²) in [6.07, 6.45) is 0. The second-order valence-electron chi connectivity index (χ2n) is 6.78. The summed E-state index contributed by atoms with van der Waals surface area (Å²) in [6, 6.07) is 15.0. The molecule has 1 heterocycles. The number of benzene rings is 3. The summed E-state index contributed by atoms with van der Waals surface area (Å²) in [5.41, 5.74) is 1.19. The fourth-order valence-electron chi connectivity index (χ4n) is 3.42. The van der Waals surface area contributed by atoms with Crippen molar-refractivity contribution in [3.63, 3.8) is 0 Å². The largest absolute Gasteiger partial charge is 0.496 e. The lowest BCUT2D eigenvalue weighted by Crippen LogP contribution is -2.20. The maximum absolute atomic E-state index is 13.2. The number of hydrogen-bond donors (Lipinski definition) is 0. The van der Waals surface area contributed by atoms with E-state index >= 15 is 0 Å². The zero-order chi connectivity index (χ0) is 22.0. The van der Waals surface area contributed by atoms with E-state index in [4.69, 9.17) is 32.7 Å². The molecule has 0 radical (unpaired) electrons. The van der Waals surface area contributed by atoms with Gasteiger partial charge in [-0.25, -0.2) is 0 Å².